The molecule has 1 amide bonds. The fraction of sp³-hybridized carbons (Fsp3) is 0.250. The smallest absolute Gasteiger partial charge is 0.340 e. The number of primary amides is 1. The predicted octanol–water partition coefficient (Wildman–Crippen LogP) is 2.06. The number of likely N-dealkylation sites (N-methyl/N-ethyl adjacent to an activating group) is 1. The third-order valence-electron chi connectivity index (χ3n) is 5.29. The van der Waals surface area contributed by atoms with Crippen LogP contribution in [0.3, 0.4) is 0 Å². The lowest BCUT2D eigenvalue weighted by Gasteiger charge is -2.34. The van der Waals surface area contributed by atoms with Crippen LogP contribution in [-0.2, 0) is 0 Å². The fourth-order valence-corrected chi connectivity index (χ4v) is 3.72. The fourth-order valence-electron chi connectivity index (χ4n) is 3.72. The normalized spacial score (nSPS) is 15.5. The molecule has 28 heavy (non-hydrogen) atoms. The molecule has 0 atom stereocenters. The van der Waals surface area contributed by atoms with Crippen molar-refractivity contribution in [2.75, 3.05) is 38.1 Å². The topological polar surface area (TPSA) is 96.1 Å². The number of carbonyl (C=O) groups is 1. The molecule has 0 aliphatic carbocycles. The van der Waals surface area contributed by atoms with Crippen LogP contribution < -0.4 is 10.6 Å². The Balaban J connectivity index is 1.57. The number of H-pyrrole nitrogens is 1. The van der Waals surface area contributed by atoms with Gasteiger partial charge in [-0.1, -0.05) is 6.07 Å². The highest BCUT2D eigenvalue weighted by Crippen LogP contribution is 2.29. The number of hydrogen-bond donors (Lipinski definition) is 2. The Hall–Kier alpha value is -3.39. The number of aromatic nitrogens is 4. The lowest BCUT2D eigenvalue weighted by atomic mass is 10.2. The first kappa shape index (κ1) is 16.8. The number of aromatic amines is 1. The molecule has 2 aromatic carbocycles. The number of rotatable bonds is 2. The van der Waals surface area contributed by atoms with Gasteiger partial charge in [0.05, 0.1) is 16.6 Å². The van der Waals surface area contributed by atoms with Crippen LogP contribution in [0, 0.1) is 6.07 Å². The zero-order valence-corrected chi connectivity index (χ0v) is 15.5. The van der Waals surface area contributed by atoms with E-state index in [9.17, 15) is 4.79 Å². The predicted molar refractivity (Wildman–Crippen MR) is 108 cm³/mol. The van der Waals surface area contributed by atoms with Gasteiger partial charge in [0.1, 0.15) is 5.69 Å². The number of nitrogens with one attached hydrogen (secondary N) is 1. The van der Waals surface area contributed by atoms with Crippen LogP contribution in [0.25, 0.3) is 33.5 Å². The van der Waals surface area contributed by atoms with Crippen LogP contribution in [0.2, 0.25) is 0 Å². The molecule has 3 N–H and O–H groups in total. The van der Waals surface area contributed by atoms with Crippen molar-refractivity contribution in [3.63, 3.8) is 0 Å². The highest BCUT2D eigenvalue weighted by Gasteiger charge is 2.19. The summed E-state index contributed by atoms with van der Waals surface area (Å²) in [6.45, 7) is 4.12. The van der Waals surface area contributed by atoms with Gasteiger partial charge in [0.25, 0.3) is 0 Å². The van der Waals surface area contributed by atoms with E-state index in [0.717, 1.165) is 42.6 Å². The highest BCUT2D eigenvalue weighted by molar-refractivity contribution is 5.98. The molecule has 1 saturated heterocycles. The zero-order chi connectivity index (χ0) is 19.3. The first-order valence-electron chi connectivity index (χ1n) is 9.22. The van der Waals surface area contributed by atoms with Gasteiger partial charge in [0, 0.05) is 37.3 Å². The summed E-state index contributed by atoms with van der Waals surface area (Å²) in [4.78, 5) is 24.5. The maximum absolute atomic E-state index is 11.7. The highest BCUT2D eigenvalue weighted by atomic mass is 16.2. The van der Waals surface area contributed by atoms with Crippen molar-refractivity contribution in [1.82, 2.24) is 24.6 Å². The molecule has 1 aliphatic rings. The van der Waals surface area contributed by atoms with Gasteiger partial charge in [0.15, 0.2) is 5.82 Å². The monoisotopic (exact) mass is 374 g/mol. The summed E-state index contributed by atoms with van der Waals surface area (Å²) in [5.41, 5.74) is 9.67. The summed E-state index contributed by atoms with van der Waals surface area (Å²) in [5.74, 6) is 0.607. The molecule has 0 bridgehead atoms. The van der Waals surface area contributed by atoms with E-state index in [1.54, 1.807) is 18.2 Å². The molecule has 2 aromatic heterocycles. The molecule has 4 aromatic rings. The number of nitrogens with two attached hydrogens (primary N) is 1. The average Bonchev–Trinajstić information content (AvgIpc) is 3.29. The first-order chi connectivity index (χ1) is 13.6. The zero-order valence-electron chi connectivity index (χ0n) is 15.5. The number of amides is 1. The van der Waals surface area contributed by atoms with Crippen molar-refractivity contribution in [2.24, 2.45) is 5.73 Å². The summed E-state index contributed by atoms with van der Waals surface area (Å²) in [6.07, 6.45) is 0. The van der Waals surface area contributed by atoms with Crippen LogP contribution in [0.15, 0.2) is 36.4 Å². The van der Waals surface area contributed by atoms with Gasteiger partial charge in [0.2, 0.25) is 0 Å². The Kier molecular flexibility index (Phi) is 3.80. The summed E-state index contributed by atoms with van der Waals surface area (Å²) < 4.78 is 1.20. The minimum Gasteiger partial charge on any atom is -0.369 e. The van der Waals surface area contributed by atoms with Crippen LogP contribution in [0.4, 0.5) is 10.5 Å². The van der Waals surface area contributed by atoms with E-state index in [-0.39, 0.29) is 0 Å². The van der Waals surface area contributed by atoms with E-state index < -0.39 is 6.03 Å². The largest absolute Gasteiger partial charge is 0.369 e. The number of hydrogen-bond acceptors (Lipinski definition) is 5. The van der Waals surface area contributed by atoms with Crippen LogP contribution >= 0.6 is 0 Å². The number of anilines is 1. The van der Waals surface area contributed by atoms with E-state index in [4.69, 9.17) is 5.73 Å². The maximum atomic E-state index is 11.7. The summed E-state index contributed by atoms with van der Waals surface area (Å²) in [7, 11) is 2.15. The second-order valence-corrected chi connectivity index (χ2v) is 7.12. The summed E-state index contributed by atoms with van der Waals surface area (Å²) in [5, 5.41) is 5.16. The van der Waals surface area contributed by atoms with Crippen molar-refractivity contribution in [3.8, 4) is 11.5 Å². The van der Waals surface area contributed by atoms with E-state index in [0.29, 0.717) is 17.0 Å². The maximum Gasteiger partial charge on any atom is 0.340 e. The van der Waals surface area contributed by atoms with E-state index >= 15 is 0 Å². The minimum absolute atomic E-state index is 0.586. The van der Waals surface area contributed by atoms with Gasteiger partial charge in [-0.05, 0) is 43.4 Å². The molecular formula is C20H20N7O. The first-order valence-corrected chi connectivity index (χ1v) is 9.22. The average molecular weight is 374 g/mol. The second-order valence-electron chi connectivity index (χ2n) is 7.12. The standard InChI is InChI=1S/C20H20N7O/c1-25-8-10-26(11-9-25)13-6-7-15-16(12-13)23-19(22-15)18-14-4-2-3-5-17(14)27(24-18)20(21)28/h3-7,12H,8-11H2,1H3,(H2,21,28)(H,22,23). The lowest BCUT2D eigenvalue weighted by molar-refractivity contribution is 0.248. The minimum atomic E-state index is -0.629. The Morgan fingerprint density at radius 3 is 2.82 bits per heavy atom. The second kappa shape index (κ2) is 6.35. The number of nitrogens with zero attached hydrogens (tertiary/aromatic N) is 5. The lowest BCUT2D eigenvalue weighted by Crippen LogP contribution is -2.44. The third kappa shape index (κ3) is 2.69. The third-order valence-corrected chi connectivity index (χ3v) is 5.29. The molecule has 1 fully saturated rings. The molecule has 0 unspecified atom stereocenters. The molecule has 5 rings (SSSR count). The van der Waals surface area contributed by atoms with E-state index in [2.05, 4.69) is 50.1 Å². The Bertz CT molecular complexity index is 1180. The van der Waals surface area contributed by atoms with Crippen molar-refractivity contribution in [3.05, 3.63) is 42.5 Å². The number of piperazine rings is 1. The molecule has 8 heteroatoms. The Morgan fingerprint density at radius 2 is 2.04 bits per heavy atom. The molecule has 0 spiro atoms. The Labute approximate surface area is 161 Å². The van der Waals surface area contributed by atoms with E-state index in [1.165, 1.54) is 10.4 Å². The molecular weight excluding hydrogens is 354 g/mol. The van der Waals surface area contributed by atoms with Gasteiger partial charge in [-0.2, -0.15) is 9.78 Å². The van der Waals surface area contributed by atoms with Crippen molar-refractivity contribution in [1.29, 1.82) is 0 Å². The van der Waals surface area contributed by atoms with Crippen LogP contribution in [0.5, 0.6) is 0 Å². The molecule has 8 nitrogen and oxygen atoms in total. The SMILES string of the molecule is CN1CCN(c2ccc3nc(-c4nn(C(N)=O)c5cc[c]cc45)[nH]c3c2)CC1. The number of benzene rings is 2. The van der Waals surface area contributed by atoms with Gasteiger partial charge < -0.3 is 20.5 Å². The molecule has 1 radical (unpaired) electrons. The van der Waals surface area contributed by atoms with Crippen molar-refractivity contribution in [2.45, 2.75) is 0 Å². The summed E-state index contributed by atoms with van der Waals surface area (Å²) >= 11 is 0. The van der Waals surface area contributed by atoms with Crippen LogP contribution in [0.1, 0.15) is 0 Å². The number of carbonyl (C=O) groups excluding carboxylic acids is 1. The van der Waals surface area contributed by atoms with E-state index in [1.807, 2.05) is 6.07 Å². The number of fused-ring (bicyclic) bond motifs is 2. The van der Waals surface area contributed by atoms with Crippen molar-refractivity contribution < 1.29 is 4.79 Å². The quantitative estimate of drug-likeness (QED) is 0.560. The van der Waals surface area contributed by atoms with Gasteiger partial charge in [-0.25, -0.2) is 9.78 Å². The van der Waals surface area contributed by atoms with Gasteiger partial charge >= 0.3 is 6.03 Å². The Morgan fingerprint density at radius 1 is 1.21 bits per heavy atom. The number of imidazole rings is 1. The van der Waals surface area contributed by atoms with Gasteiger partial charge in [-0.3, -0.25) is 0 Å². The molecule has 1 aliphatic heterocycles. The van der Waals surface area contributed by atoms with Crippen LogP contribution in [-0.4, -0.2) is 63.9 Å². The summed E-state index contributed by atoms with van der Waals surface area (Å²) in [6, 6.07) is 13.9. The van der Waals surface area contributed by atoms with Gasteiger partial charge in [-0.15, -0.1) is 0 Å². The van der Waals surface area contributed by atoms with Crippen molar-refractivity contribution >= 4 is 33.7 Å². The molecule has 3 heterocycles. The molecule has 0 saturated carbocycles. The molecule has 141 valence electrons.